The number of carbonyl (C=O) groups is 2. The minimum atomic E-state index is -4.67. The molecule has 2 fully saturated rings. The SMILES string of the molecule is O=C1NC[C@@H]2[C@H]1CCCN2C(=O)c1ccc(Cl)cc1C(F)(F)F. The molecule has 0 unspecified atom stereocenters. The first-order chi connectivity index (χ1) is 10.8. The fourth-order valence-electron chi connectivity index (χ4n) is 3.30. The van der Waals surface area contributed by atoms with Crippen LogP contribution in [0.1, 0.15) is 28.8 Å². The maximum atomic E-state index is 13.2. The summed E-state index contributed by atoms with van der Waals surface area (Å²) < 4.78 is 39.6. The summed E-state index contributed by atoms with van der Waals surface area (Å²) in [6.45, 7) is 0.624. The molecule has 0 aromatic heterocycles. The van der Waals surface area contributed by atoms with Crippen LogP contribution in [0, 0.1) is 5.92 Å². The van der Waals surface area contributed by atoms with Crippen molar-refractivity contribution >= 4 is 23.4 Å². The normalized spacial score (nSPS) is 24.3. The molecule has 1 aromatic carbocycles. The predicted octanol–water partition coefficient (Wildman–Crippen LogP) is 2.71. The van der Waals surface area contributed by atoms with Gasteiger partial charge in [-0.25, -0.2) is 0 Å². The van der Waals surface area contributed by atoms with Gasteiger partial charge < -0.3 is 10.2 Å². The van der Waals surface area contributed by atoms with Crippen molar-refractivity contribution in [3.63, 3.8) is 0 Å². The van der Waals surface area contributed by atoms with Crippen LogP contribution in [0.4, 0.5) is 13.2 Å². The number of benzene rings is 1. The van der Waals surface area contributed by atoms with Crippen LogP contribution in [-0.4, -0.2) is 35.8 Å². The van der Waals surface area contributed by atoms with Crippen molar-refractivity contribution in [3.05, 3.63) is 34.3 Å². The van der Waals surface area contributed by atoms with E-state index in [1.807, 2.05) is 0 Å². The average Bonchev–Trinajstić information content (AvgIpc) is 2.87. The lowest BCUT2D eigenvalue weighted by Gasteiger charge is -2.36. The summed E-state index contributed by atoms with van der Waals surface area (Å²) in [4.78, 5) is 25.8. The van der Waals surface area contributed by atoms with Crippen LogP contribution in [-0.2, 0) is 11.0 Å². The number of fused-ring (bicyclic) bond motifs is 1. The molecule has 124 valence electrons. The van der Waals surface area contributed by atoms with Gasteiger partial charge in [0.25, 0.3) is 5.91 Å². The summed E-state index contributed by atoms with van der Waals surface area (Å²) in [7, 11) is 0. The average molecular weight is 347 g/mol. The standard InChI is InChI=1S/C15H14ClF3N2O2/c16-8-3-4-9(11(6-8)15(17,18)19)14(23)21-5-1-2-10-12(21)7-20-13(10)22/h3-4,6,10,12H,1-2,5,7H2,(H,20,22)/t10-,12-/m1/s1. The summed E-state index contributed by atoms with van der Waals surface area (Å²) in [5.74, 6) is -1.19. The number of nitrogens with one attached hydrogen (secondary N) is 1. The molecular formula is C15H14ClF3N2O2. The van der Waals surface area contributed by atoms with Gasteiger partial charge in [0, 0.05) is 18.1 Å². The van der Waals surface area contributed by atoms with Crippen LogP contribution in [0.2, 0.25) is 5.02 Å². The molecule has 2 atom stereocenters. The van der Waals surface area contributed by atoms with Gasteiger partial charge in [0.15, 0.2) is 0 Å². The molecule has 0 radical (unpaired) electrons. The third-order valence-corrected chi connectivity index (χ3v) is 4.61. The Morgan fingerprint density at radius 2 is 2.09 bits per heavy atom. The van der Waals surface area contributed by atoms with E-state index in [-0.39, 0.29) is 29.4 Å². The van der Waals surface area contributed by atoms with Crippen molar-refractivity contribution < 1.29 is 22.8 Å². The van der Waals surface area contributed by atoms with E-state index in [1.165, 1.54) is 11.0 Å². The largest absolute Gasteiger partial charge is 0.417 e. The first-order valence-corrected chi connectivity index (χ1v) is 7.62. The molecule has 1 N–H and O–H groups in total. The number of rotatable bonds is 1. The zero-order valence-electron chi connectivity index (χ0n) is 12.0. The van der Waals surface area contributed by atoms with Crippen molar-refractivity contribution in [1.29, 1.82) is 0 Å². The fourth-order valence-corrected chi connectivity index (χ4v) is 3.47. The number of hydrogen-bond acceptors (Lipinski definition) is 2. The highest BCUT2D eigenvalue weighted by Crippen LogP contribution is 2.36. The Morgan fingerprint density at radius 3 is 2.78 bits per heavy atom. The molecule has 0 bridgehead atoms. The van der Waals surface area contributed by atoms with Gasteiger partial charge in [0.1, 0.15) is 0 Å². The molecule has 0 spiro atoms. The second kappa shape index (κ2) is 5.70. The number of nitrogens with zero attached hydrogens (tertiary/aromatic N) is 1. The Hall–Kier alpha value is -1.76. The van der Waals surface area contributed by atoms with Crippen LogP contribution in [0.3, 0.4) is 0 Å². The summed E-state index contributed by atoms with van der Waals surface area (Å²) >= 11 is 5.64. The van der Waals surface area contributed by atoms with Crippen LogP contribution in [0.5, 0.6) is 0 Å². The lowest BCUT2D eigenvalue weighted by molar-refractivity contribution is -0.138. The summed E-state index contributed by atoms with van der Waals surface area (Å²) in [6, 6.07) is 2.74. The predicted molar refractivity (Wildman–Crippen MR) is 77.0 cm³/mol. The highest BCUT2D eigenvalue weighted by molar-refractivity contribution is 6.30. The van der Waals surface area contributed by atoms with Gasteiger partial charge in [0.05, 0.1) is 23.1 Å². The molecule has 2 aliphatic rings. The molecule has 4 nitrogen and oxygen atoms in total. The summed E-state index contributed by atoms with van der Waals surface area (Å²) in [5.41, 5.74) is -1.48. The maximum absolute atomic E-state index is 13.2. The van der Waals surface area contributed by atoms with Gasteiger partial charge in [-0.3, -0.25) is 9.59 Å². The molecular weight excluding hydrogens is 333 g/mol. The Kier molecular flexibility index (Phi) is 4.00. The molecule has 3 rings (SSSR count). The number of carbonyl (C=O) groups excluding carboxylic acids is 2. The zero-order valence-corrected chi connectivity index (χ0v) is 12.7. The first-order valence-electron chi connectivity index (χ1n) is 7.24. The molecule has 2 amide bonds. The van der Waals surface area contributed by atoms with E-state index >= 15 is 0 Å². The number of hydrogen-bond donors (Lipinski definition) is 1. The number of halogens is 4. The highest BCUT2D eigenvalue weighted by atomic mass is 35.5. The second-order valence-corrected chi connectivity index (χ2v) is 6.18. The zero-order chi connectivity index (χ0) is 16.8. The van der Waals surface area contributed by atoms with Gasteiger partial charge in [-0.2, -0.15) is 13.2 Å². The molecule has 2 aliphatic heterocycles. The maximum Gasteiger partial charge on any atom is 0.417 e. The molecule has 8 heteroatoms. The van der Waals surface area contributed by atoms with Gasteiger partial charge >= 0.3 is 6.18 Å². The Morgan fingerprint density at radius 1 is 1.35 bits per heavy atom. The molecule has 1 aromatic rings. The van der Waals surface area contributed by atoms with E-state index in [0.717, 1.165) is 12.1 Å². The lowest BCUT2D eigenvalue weighted by atomic mass is 9.90. The monoisotopic (exact) mass is 346 g/mol. The van der Waals surface area contributed by atoms with Crippen molar-refractivity contribution in [3.8, 4) is 0 Å². The van der Waals surface area contributed by atoms with Crippen LogP contribution >= 0.6 is 11.6 Å². The van der Waals surface area contributed by atoms with Crippen LogP contribution in [0.15, 0.2) is 18.2 Å². The Balaban J connectivity index is 1.96. The van der Waals surface area contributed by atoms with Crippen molar-refractivity contribution in [2.45, 2.75) is 25.1 Å². The van der Waals surface area contributed by atoms with E-state index in [4.69, 9.17) is 11.6 Å². The van der Waals surface area contributed by atoms with Crippen LogP contribution < -0.4 is 5.32 Å². The molecule has 23 heavy (non-hydrogen) atoms. The molecule has 2 saturated heterocycles. The van der Waals surface area contributed by atoms with E-state index < -0.39 is 23.2 Å². The quantitative estimate of drug-likeness (QED) is 0.850. The molecule has 2 heterocycles. The van der Waals surface area contributed by atoms with E-state index in [2.05, 4.69) is 5.32 Å². The number of alkyl halides is 3. The third kappa shape index (κ3) is 2.89. The number of piperidine rings is 1. The van der Waals surface area contributed by atoms with Crippen molar-refractivity contribution in [2.75, 3.05) is 13.1 Å². The minimum Gasteiger partial charge on any atom is -0.354 e. The first kappa shape index (κ1) is 16.1. The van der Waals surface area contributed by atoms with Crippen LogP contribution in [0.25, 0.3) is 0 Å². The summed E-state index contributed by atoms with van der Waals surface area (Å²) in [5, 5.41) is 2.60. The second-order valence-electron chi connectivity index (χ2n) is 5.75. The smallest absolute Gasteiger partial charge is 0.354 e. The van der Waals surface area contributed by atoms with Gasteiger partial charge in [-0.05, 0) is 31.0 Å². The Bertz CT molecular complexity index is 663. The fraction of sp³-hybridized carbons (Fsp3) is 0.467. The van der Waals surface area contributed by atoms with Crippen molar-refractivity contribution in [2.24, 2.45) is 5.92 Å². The third-order valence-electron chi connectivity index (χ3n) is 4.38. The van der Waals surface area contributed by atoms with E-state index in [9.17, 15) is 22.8 Å². The minimum absolute atomic E-state index is 0.0805. The highest BCUT2D eigenvalue weighted by Gasteiger charge is 2.44. The van der Waals surface area contributed by atoms with Crippen molar-refractivity contribution in [1.82, 2.24) is 10.2 Å². The molecule has 0 aliphatic carbocycles. The lowest BCUT2D eigenvalue weighted by Crippen LogP contribution is -2.49. The number of amides is 2. The van der Waals surface area contributed by atoms with Gasteiger partial charge in [-0.15, -0.1) is 0 Å². The van der Waals surface area contributed by atoms with Gasteiger partial charge in [-0.1, -0.05) is 11.6 Å². The number of likely N-dealkylation sites (tertiary alicyclic amines) is 1. The van der Waals surface area contributed by atoms with E-state index in [0.29, 0.717) is 19.4 Å². The Labute approximate surface area is 135 Å². The van der Waals surface area contributed by atoms with E-state index in [1.54, 1.807) is 0 Å². The summed E-state index contributed by atoms with van der Waals surface area (Å²) in [6.07, 6.45) is -3.43. The van der Waals surface area contributed by atoms with Gasteiger partial charge in [0.2, 0.25) is 5.91 Å². The topological polar surface area (TPSA) is 49.4 Å². The molecule has 0 saturated carbocycles.